The number of hydrogen-bond acceptors (Lipinski definition) is 5. The van der Waals surface area contributed by atoms with E-state index in [9.17, 15) is 9.59 Å². The van der Waals surface area contributed by atoms with Gasteiger partial charge in [0.05, 0.1) is 24.2 Å². The van der Waals surface area contributed by atoms with Gasteiger partial charge in [0.2, 0.25) is 0 Å². The highest BCUT2D eigenvalue weighted by Crippen LogP contribution is 2.25. The largest absolute Gasteiger partial charge is 0.462 e. The summed E-state index contributed by atoms with van der Waals surface area (Å²) in [5.41, 5.74) is 4.86. The standard InChI is InChI=1S/C24H26N4O3/c1-4-31-24(30)21-15-25-28(17(21)2)20-11-9-18(10-12-20)23(29)27-14-13-26(3)22-8-6-5-7-19(22)16-27/h5-12,15H,4,13-14,16H2,1-3H3. The summed E-state index contributed by atoms with van der Waals surface area (Å²) in [6.45, 7) is 5.94. The van der Waals surface area contributed by atoms with Gasteiger partial charge in [-0.2, -0.15) is 5.10 Å². The second-order valence-electron chi connectivity index (χ2n) is 7.60. The third-order valence-corrected chi connectivity index (χ3v) is 5.62. The number of carbonyl (C=O) groups excluding carboxylic acids is 2. The Morgan fingerprint density at radius 2 is 1.81 bits per heavy atom. The van der Waals surface area contributed by atoms with Crippen LogP contribution in [0.3, 0.4) is 0 Å². The summed E-state index contributed by atoms with van der Waals surface area (Å²) < 4.78 is 6.75. The second kappa shape index (κ2) is 8.63. The molecule has 0 radical (unpaired) electrons. The van der Waals surface area contributed by atoms with E-state index in [2.05, 4.69) is 29.2 Å². The van der Waals surface area contributed by atoms with Crippen LogP contribution in [-0.2, 0) is 11.3 Å². The molecule has 0 saturated carbocycles. The van der Waals surface area contributed by atoms with Crippen molar-refractivity contribution in [2.24, 2.45) is 0 Å². The predicted octanol–water partition coefficient (Wildman–Crippen LogP) is 3.45. The maximum atomic E-state index is 13.2. The number of benzene rings is 2. The first-order valence-electron chi connectivity index (χ1n) is 10.4. The average Bonchev–Trinajstić information content (AvgIpc) is 3.09. The van der Waals surface area contributed by atoms with Gasteiger partial charge in [-0.25, -0.2) is 9.48 Å². The van der Waals surface area contributed by atoms with E-state index < -0.39 is 0 Å². The first-order chi connectivity index (χ1) is 15.0. The van der Waals surface area contributed by atoms with Gasteiger partial charge in [-0.15, -0.1) is 0 Å². The third kappa shape index (κ3) is 4.03. The van der Waals surface area contributed by atoms with Gasteiger partial charge in [-0.3, -0.25) is 4.79 Å². The first kappa shape index (κ1) is 20.7. The molecule has 0 unspecified atom stereocenters. The molecule has 0 bridgehead atoms. The molecule has 2 heterocycles. The molecule has 1 aliphatic heterocycles. The van der Waals surface area contributed by atoms with Crippen molar-refractivity contribution < 1.29 is 14.3 Å². The molecule has 0 aliphatic carbocycles. The van der Waals surface area contributed by atoms with Gasteiger partial charge in [-0.05, 0) is 49.7 Å². The molecule has 1 amide bonds. The van der Waals surface area contributed by atoms with Crippen LogP contribution in [-0.4, -0.2) is 53.3 Å². The van der Waals surface area contributed by atoms with Crippen LogP contribution in [0.1, 0.15) is 38.9 Å². The van der Waals surface area contributed by atoms with Crippen molar-refractivity contribution >= 4 is 17.6 Å². The van der Waals surface area contributed by atoms with Crippen molar-refractivity contribution in [2.75, 3.05) is 31.6 Å². The monoisotopic (exact) mass is 418 g/mol. The Labute approximate surface area is 181 Å². The summed E-state index contributed by atoms with van der Waals surface area (Å²) in [4.78, 5) is 29.3. The van der Waals surface area contributed by atoms with E-state index in [-0.39, 0.29) is 11.9 Å². The third-order valence-electron chi connectivity index (χ3n) is 5.62. The molecule has 1 aliphatic rings. The number of fused-ring (bicyclic) bond motifs is 1. The van der Waals surface area contributed by atoms with Crippen molar-refractivity contribution in [1.82, 2.24) is 14.7 Å². The van der Waals surface area contributed by atoms with Gasteiger partial charge in [-0.1, -0.05) is 18.2 Å². The summed E-state index contributed by atoms with van der Waals surface area (Å²) in [7, 11) is 2.05. The Kier molecular flexibility index (Phi) is 5.75. The maximum Gasteiger partial charge on any atom is 0.341 e. The van der Waals surface area contributed by atoms with E-state index >= 15 is 0 Å². The maximum absolute atomic E-state index is 13.2. The van der Waals surface area contributed by atoms with Crippen LogP contribution in [0.2, 0.25) is 0 Å². The van der Waals surface area contributed by atoms with Gasteiger partial charge in [0.1, 0.15) is 5.56 Å². The molecule has 0 N–H and O–H groups in total. The van der Waals surface area contributed by atoms with Crippen molar-refractivity contribution in [3.05, 3.63) is 77.1 Å². The van der Waals surface area contributed by atoms with Crippen LogP contribution in [0.4, 0.5) is 5.69 Å². The zero-order valence-corrected chi connectivity index (χ0v) is 18.0. The second-order valence-corrected chi connectivity index (χ2v) is 7.60. The Hall–Kier alpha value is -3.61. The highest BCUT2D eigenvalue weighted by molar-refractivity contribution is 5.94. The lowest BCUT2D eigenvalue weighted by Crippen LogP contribution is -2.34. The SMILES string of the molecule is CCOC(=O)c1cnn(-c2ccc(C(=O)N3CCN(C)c4ccccc4C3)cc2)c1C. The number of likely N-dealkylation sites (N-methyl/N-ethyl adjacent to an activating group) is 1. The lowest BCUT2D eigenvalue weighted by atomic mass is 10.1. The predicted molar refractivity (Wildman–Crippen MR) is 119 cm³/mol. The Morgan fingerprint density at radius 3 is 2.55 bits per heavy atom. The zero-order chi connectivity index (χ0) is 22.0. The van der Waals surface area contributed by atoms with Crippen LogP contribution < -0.4 is 4.90 Å². The smallest absolute Gasteiger partial charge is 0.341 e. The number of hydrogen-bond donors (Lipinski definition) is 0. The Balaban J connectivity index is 1.54. The molecule has 160 valence electrons. The van der Waals surface area contributed by atoms with E-state index in [0.717, 1.165) is 17.8 Å². The Morgan fingerprint density at radius 1 is 1.06 bits per heavy atom. The summed E-state index contributed by atoms with van der Waals surface area (Å²) in [6.07, 6.45) is 1.51. The minimum atomic E-state index is -0.385. The highest BCUT2D eigenvalue weighted by atomic mass is 16.5. The Bertz CT molecular complexity index is 1100. The van der Waals surface area contributed by atoms with E-state index in [4.69, 9.17) is 4.74 Å². The number of anilines is 1. The molecule has 0 fully saturated rings. The molecule has 7 nitrogen and oxygen atoms in total. The molecule has 3 aromatic rings. The van der Waals surface area contributed by atoms with E-state index in [1.54, 1.807) is 11.6 Å². The van der Waals surface area contributed by atoms with E-state index in [1.807, 2.05) is 48.2 Å². The first-order valence-corrected chi connectivity index (χ1v) is 10.4. The summed E-state index contributed by atoms with van der Waals surface area (Å²) in [6, 6.07) is 15.5. The fraction of sp³-hybridized carbons (Fsp3) is 0.292. The molecule has 4 rings (SSSR count). The van der Waals surface area contributed by atoms with Crippen molar-refractivity contribution in [3.8, 4) is 5.69 Å². The van der Waals surface area contributed by atoms with Gasteiger partial charge in [0, 0.05) is 37.9 Å². The summed E-state index contributed by atoms with van der Waals surface area (Å²) >= 11 is 0. The summed E-state index contributed by atoms with van der Waals surface area (Å²) in [5.74, 6) is -0.384. The molecule has 0 atom stereocenters. The molecule has 0 spiro atoms. The van der Waals surface area contributed by atoms with Gasteiger partial charge >= 0.3 is 5.97 Å². The van der Waals surface area contributed by atoms with Crippen LogP contribution in [0.15, 0.2) is 54.7 Å². The number of esters is 1. The van der Waals surface area contributed by atoms with Crippen LogP contribution in [0, 0.1) is 6.92 Å². The summed E-state index contributed by atoms with van der Waals surface area (Å²) in [5, 5.41) is 4.31. The number of amides is 1. The van der Waals surface area contributed by atoms with E-state index in [1.165, 1.54) is 11.9 Å². The minimum Gasteiger partial charge on any atom is -0.462 e. The molecule has 0 saturated heterocycles. The normalized spacial score (nSPS) is 13.5. The average molecular weight is 418 g/mol. The topological polar surface area (TPSA) is 67.7 Å². The molecule has 31 heavy (non-hydrogen) atoms. The number of rotatable bonds is 4. The lowest BCUT2D eigenvalue weighted by molar-refractivity contribution is 0.0525. The number of carbonyl (C=O) groups is 2. The fourth-order valence-corrected chi connectivity index (χ4v) is 3.87. The molecule has 7 heteroatoms. The quantitative estimate of drug-likeness (QED) is 0.607. The number of ether oxygens (including phenoxy) is 1. The molecular formula is C24H26N4O3. The highest BCUT2D eigenvalue weighted by Gasteiger charge is 2.22. The van der Waals surface area contributed by atoms with Crippen LogP contribution in [0.25, 0.3) is 5.69 Å². The fourth-order valence-electron chi connectivity index (χ4n) is 3.87. The number of aromatic nitrogens is 2. The van der Waals surface area contributed by atoms with Crippen molar-refractivity contribution in [1.29, 1.82) is 0 Å². The van der Waals surface area contributed by atoms with Crippen LogP contribution >= 0.6 is 0 Å². The van der Waals surface area contributed by atoms with Gasteiger partial charge in [0.15, 0.2) is 0 Å². The van der Waals surface area contributed by atoms with Crippen LogP contribution in [0.5, 0.6) is 0 Å². The van der Waals surface area contributed by atoms with E-state index in [0.29, 0.717) is 36.5 Å². The number of nitrogens with zero attached hydrogens (tertiary/aromatic N) is 4. The molecular weight excluding hydrogens is 392 g/mol. The van der Waals surface area contributed by atoms with Crippen molar-refractivity contribution in [3.63, 3.8) is 0 Å². The lowest BCUT2D eigenvalue weighted by Gasteiger charge is -2.21. The van der Waals surface area contributed by atoms with Gasteiger partial charge < -0.3 is 14.5 Å². The van der Waals surface area contributed by atoms with Gasteiger partial charge in [0.25, 0.3) is 5.91 Å². The molecule has 1 aromatic heterocycles. The molecule has 2 aromatic carbocycles. The number of para-hydroxylation sites is 1. The van der Waals surface area contributed by atoms with Crippen molar-refractivity contribution in [2.45, 2.75) is 20.4 Å². The zero-order valence-electron chi connectivity index (χ0n) is 18.0. The minimum absolute atomic E-state index is 0.000975.